The lowest BCUT2D eigenvalue weighted by atomic mass is 9.80. The van der Waals surface area contributed by atoms with Crippen molar-refractivity contribution in [2.24, 2.45) is 0 Å². The summed E-state index contributed by atoms with van der Waals surface area (Å²) in [5.74, 6) is 0.502. The molecule has 0 radical (unpaired) electrons. The van der Waals surface area contributed by atoms with Crippen LogP contribution in [0, 0.1) is 0 Å². The average molecular weight is 302 g/mol. The predicted molar refractivity (Wildman–Crippen MR) is 88.8 cm³/mol. The highest BCUT2D eigenvalue weighted by atomic mass is 32.1. The van der Waals surface area contributed by atoms with Gasteiger partial charge in [-0.2, -0.15) is 0 Å². The zero-order valence-corrected chi connectivity index (χ0v) is 13.7. The van der Waals surface area contributed by atoms with Crippen molar-refractivity contribution in [3.05, 3.63) is 34.3 Å². The van der Waals surface area contributed by atoms with Crippen molar-refractivity contribution >= 4 is 22.2 Å². The maximum absolute atomic E-state index is 10.7. The van der Waals surface area contributed by atoms with Gasteiger partial charge in [0.05, 0.1) is 0 Å². The van der Waals surface area contributed by atoms with Crippen LogP contribution in [0.2, 0.25) is 0 Å². The fourth-order valence-corrected chi connectivity index (χ4v) is 3.55. The molecule has 0 saturated carbocycles. The highest BCUT2D eigenvalue weighted by Crippen LogP contribution is 2.42. The Morgan fingerprint density at radius 1 is 1.19 bits per heavy atom. The molecule has 1 aliphatic rings. The topological polar surface area (TPSA) is 45.2 Å². The molecular formula is C17H22N2OS. The third kappa shape index (κ3) is 2.77. The lowest BCUT2D eigenvalue weighted by Gasteiger charge is -2.28. The van der Waals surface area contributed by atoms with Gasteiger partial charge in [0.15, 0.2) is 5.13 Å². The summed E-state index contributed by atoms with van der Waals surface area (Å²) >= 11 is 1.60. The summed E-state index contributed by atoms with van der Waals surface area (Å²) in [6.07, 6.45) is 6.15. The van der Waals surface area contributed by atoms with Crippen LogP contribution in [-0.4, -0.2) is 10.1 Å². The number of nitrogens with one attached hydrogen (secondary N) is 1. The number of aromatic hydroxyl groups is 1. The number of phenols is 1. The smallest absolute Gasteiger partial charge is 0.187 e. The van der Waals surface area contributed by atoms with Gasteiger partial charge in [0.1, 0.15) is 5.75 Å². The zero-order chi connectivity index (χ0) is 15.0. The number of hydrogen-bond acceptors (Lipinski definition) is 4. The second-order valence-electron chi connectivity index (χ2n) is 6.70. The first-order valence-corrected chi connectivity index (χ1v) is 8.39. The second-order valence-corrected chi connectivity index (χ2v) is 7.59. The van der Waals surface area contributed by atoms with Crippen LogP contribution in [0.3, 0.4) is 0 Å². The van der Waals surface area contributed by atoms with E-state index in [9.17, 15) is 5.11 Å². The summed E-state index contributed by atoms with van der Waals surface area (Å²) in [6.45, 7) is 6.43. The molecule has 2 aromatic rings. The minimum Gasteiger partial charge on any atom is -0.507 e. The van der Waals surface area contributed by atoms with Crippen molar-refractivity contribution in [2.45, 2.75) is 51.9 Å². The predicted octanol–water partition coefficient (Wildman–Crippen LogP) is 4.77. The number of anilines is 2. The van der Waals surface area contributed by atoms with E-state index < -0.39 is 0 Å². The van der Waals surface area contributed by atoms with Crippen LogP contribution in [0.1, 0.15) is 50.3 Å². The monoisotopic (exact) mass is 302 g/mol. The summed E-state index contributed by atoms with van der Waals surface area (Å²) in [7, 11) is 0. The third-order valence-corrected chi connectivity index (χ3v) is 4.79. The quantitative estimate of drug-likeness (QED) is 0.786. The molecule has 1 heterocycles. The molecule has 112 valence electrons. The zero-order valence-electron chi connectivity index (χ0n) is 12.9. The first-order valence-electron chi connectivity index (χ1n) is 7.51. The van der Waals surface area contributed by atoms with Crippen molar-refractivity contribution in [1.29, 1.82) is 0 Å². The molecule has 0 aliphatic heterocycles. The van der Waals surface area contributed by atoms with Crippen LogP contribution >= 0.6 is 11.3 Å². The number of fused-ring (bicyclic) bond motifs is 1. The molecule has 4 heteroatoms. The molecule has 1 aromatic carbocycles. The lowest BCUT2D eigenvalue weighted by Crippen LogP contribution is -2.16. The summed E-state index contributed by atoms with van der Waals surface area (Å²) in [5.41, 5.74) is 4.45. The van der Waals surface area contributed by atoms with Crippen molar-refractivity contribution in [3.63, 3.8) is 0 Å². The Morgan fingerprint density at radius 2 is 1.90 bits per heavy atom. The van der Waals surface area contributed by atoms with Crippen LogP contribution < -0.4 is 5.32 Å². The molecule has 3 nitrogen and oxygen atoms in total. The number of hydrogen-bond donors (Lipinski definition) is 2. The Balaban J connectivity index is 2.13. The maximum atomic E-state index is 10.7. The summed E-state index contributed by atoms with van der Waals surface area (Å²) in [5, 5.41) is 17.0. The van der Waals surface area contributed by atoms with Crippen LogP contribution in [0.4, 0.5) is 10.8 Å². The van der Waals surface area contributed by atoms with Crippen molar-refractivity contribution in [3.8, 4) is 5.75 Å². The molecule has 0 fully saturated rings. The van der Waals surface area contributed by atoms with Gasteiger partial charge in [0, 0.05) is 22.8 Å². The van der Waals surface area contributed by atoms with Crippen molar-refractivity contribution in [2.75, 3.05) is 5.32 Å². The van der Waals surface area contributed by atoms with Gasteiger partial charge in [-0.3, -0.25) is 0 Å². The fourth-order valence-electron chi connectivity index (χ4n) is 3.01. The number of thiazole rings is 1. The Labute approximate surface area is 130 Å². The van der Waals surface area contributed by atoms with E-state index >= 15 is 0 Å². The molecule has 3 rings (SSSR count). The molecule has 1 aromatic heterocycles. The van der Waals surface area contributed by atoms with Gasteiger partial charge < -0.3 is 10.4 Å². The summed E-state index contributed by atoms with van der Waals surface area (Å²) in [6, 6.07) is 2.11. The van der Waals surface area contributed by atoms with E-state index in [0.717, 1.165) is 41.2 Å². The highest BCUT2D eigenvalue weighted by molar-refractivity contribution is 7.13. The first-order chi connectivity index (χ1) is 9.97. The normalized spacial score (nSPS) is 14.8. The van der Waals surface area contributed by atoms with E-state index in [2.05, 4.69) is 37.1 Å². The number of rotatable bonds is 2. The second kappa shape index (κ2) is 5.34. The third-order valence-electron chi connectivity index (χ3n) is 4.10. The highest BCUT2D eigenvalue weighted by Gasteiger charge is 2.26. The molecule has 0 unspecified atom stereocenters. The van der Waals surface area contributed by atoms with Gasteiger partial charge in [0.2, 0.25) is 0 Å². The molecule has 2 N–H and O–H groups in total. The van der Waals surface area contributed by atoms with Gasteiger partial charge in [-0.1, -0.05) is 20.8 Å². The first kappa shape index (κ1) is 14.4. The Bertz CT molecular complexity index is 642. The molecule has 21 heavy (non-hydrogen) atoms. The van der Waals surface area contributed by atoms with Crippen LogP contribution in [0.5, 0.6) is 5.75 Å². The van der Waals surface area contributed by atoms with E-state index in [-0.39, 0.29) is 5.41 Å². The Hall–Kier alpha value is -1.55. The minimum absolute atomic E-state index is 0.0735. The van der Waals surface area contributed by atoms with Gasteiger partial charge in [-0.05, 0) is 48.3 Å². The molecule has 0 bridgehead atoms. The SMILES string of the molecule is CC(C)(C)c1cc(Nc2nccs2)c2c(c1O)CCCC2. The summed E-state index contributed by atoms with van der Waals surface area (Å²) < 4.78 is 0. The molecule has 0 saturated heterocycles. The average Bonchev–Trinajstić information content (AvgIpc) is 2.94. The number of phenolic OH excluding ortho intramolecular Hbond substituents is 1. The molecule has 1 aliphatic carbocycles. The fraction of sp³-hybridized carbons (Fsp3) is 0.471. The van der Waals surface area contributed by atoms with Gasteiger partial charge in [-0.15, -0.1) is 11.3 Å². The van der Waals surface area contributed by atoms with Gasteiger partial charge in [-0.25, -0.2) is 4.98 Å². The molecule has 0 spiro atoms. The minimum atomic E-state index is -0.0735. The number of benzene rings is 1. The lowest BCUT2D eigenvalue weighted by molar-refractivity contribution is 0.435. The van der Waals surface area contributed by atoms with Gasteiger partial charge in [0.25, 0.3) is 0 Å². The van der Waals surface area contributed by atoms with Crippen LogP contribution in [-0.2, 0) is 18.3 Å². The summed E-state index contributed by atoms with van der Waals surface area (Å²) in [4.78, 5) is 4.32. The van der Waals surface area contributed by atoms with E-state index in [1.165, 1.54) is 12.0 Å². The number of aromatic nitrogens is 1. The van der Waals surface area contributed by atoms with Gasteiger partial charge >= 0.3 is 0 Å². The largest absolute Gasteiger partial charge is 0.507 e. The van der Waals surface area contributed by atoms with E-state index in [0.29, 0.717) is 5.75 Å². The maximum Gasteiger partial charge on any atom is 0.187 e. The van der Waals surface area contributed by atoms with Crippen molar-refractivity contribution < 1.29 is 5.11 Å². The standard InChI is InChI=1S/C17H22N2OS/c1-17(2,3)13-10-14(19-16-18-8-9-21-16)11-6-4-5-7-12(11)15(13)20/h8-10,20H,4-7H2,1-3H3,(H,18,19). The molecule has 0 amide bonds. The van der Waals surface area contributed by atoms with E-state index in [1.54, 1.807) is 11.3 Å². The van der Waals surface area contributed by atoms with E-state index in [4.69, 9.17) is 0 Å². The number of nitrogens with zero attached hydrogens (tertiary/aromatic N) is 1. The van der Waals surface area contributed by atoms with Crippen molar-refractivity contribution in [1.82, 2.24) is 4.98 Å². The van der Waals surface area contributed by atoms with Crippen LogP contribution in [0.15, 0.2) is 17.6 Å². The Morgan fingerprint density at radius 3 is 2.52 bits per heavy atom. The van der Waals surface area contributed by atoms with Crippen LogP contribution in [0.25, 0.3) is 0 Å². The van der Waals surface area contributed by atoms with E-state index in [1.807, 2.05) is 11.6 Å². The molecule has 0 atom stereocenters. The molecular weight excluding hydrogens is 280 g/mol. The Kier molecular flexibility index (Phi) is 3.66.